The molecule has 0 unspecified atom stereocenters. The normalized spacial score (nSPS) is 18.8. The molecule has 176 valence electrons. The smallest absolute Gasteiger partial charge is 0.194 e. The summed E-state index contributed by atoms with van der Waals surface area (Å²) in [6.07, 6.45) is 6.46. The van der Waals surface area contributed by atoms with Crippen LogP contribution < -0.4 is 10.2 Å². The Hall–Kier alpha value is -2.90. The van der Waals surface area contributed by atoms with Crippen molar-refractivity contribution in [2.24, 2.45) is 4.99 Å². The van der Waals surface area contributed by atoms with E-state index in [2.05, 4.69) is 91.6 Å². The molecule has 0 saturated carbocycles. The van der Waals surface area contributed by atoms with Crippen LogP contribution in [-0.4, -0.2) is 98.6 Å². The number of pyridine rings is 1. The second-order valence-electron chi connectivity index (χ2n) is 8.82. The highest BCUT2D eigenvalue weighted by atomic mass is 15.3. The molecule has 1 aromatic carbocycles. The maximum atomic E-state index is 4.70. The van der Waals surface area contributed by atoms with E-state index < -0.39 is 0 Å². The van der Waals surface area contributed by atoms with Gasteiger partial charge in [-0.15, -0.1) is 0 Å². The van der Waals surface area contributed by atoms with Gasteiger partial charge in [0.1, 0.15) is 5.82 Å². The molecular weight excluding hydrogens is 410 g/mol. The third-order valence-corrected chi connectivity index (χ3v) is 6.44. The molecule has 1 aromatic heterocycles. The number of aliphatic imine (C=N–C) groups is 1. The fourth-order valence-electron chi connectivity index (χ4n) is 4.30. The Morgan fingerprint density at radius 3 is 2.39 bits per heavy atom. The highest BCUT2D eigenvalue weighted by Crippen LogP contribution is 2.14. The number of benzene rings is 1. The first-order valence-electron chi connectivity index (χ1n) is 12.0. The number of nitrogens with zero attached hydrogens (tertiary/aromatic N) is 6. The lowest BCUT2D eigenvalue weighted by molar-refractivity contribution is 0.194. The minimum absolute atomic E-state index is 0.739. The van der Waals surface area contributed by atoms with Gasteiger partial charge in [0.05, 0.1) is 0 Å². The van der Waals surface area contributed by atoms with Crippen molar-refractivity contribution in [3.63, 3.8) is 0 Å². The van der Waals surface area contributed by atoms with Crippen molar-refractivity contribution in [1.29, 1.82) is 0 Å². The van der Waals surface area contributed by atoms with Gasteiger partial charge in [0.25, 0.3) is 0 Å². The quantitative estimate of drug-likeness (QED) is 0.542. The molecule has 0 spiro atoms. The lowest BCUT2D eigenvalue weighted by atomic mass is 10.2. The first-order valence-corrected chi connectivity index (χ1v) is 12.0. The molecule has 0 aliphatic carbocycles. The van der Waals surface area contributed by atoms with Gasteiger partial charge in [-0.05, 0) is 24.2 Å². The molecule has 33 heavy (non-hydrogen) atoms. The first-order chi connectivity index (χ1) is 16.2. The first kappa shape index (κ1) is 23.3. The number of anilines is 1. The van der Waals surface area contributed by atoms with Crippen LogP contribution in [0.3, 0.4) is 0 Å². The Morgan fingerprint density at radius 2 is 1.73 bits per heavy atom. The van der Waals surface area contributed by atoms with Crippen molar-refractivity contribution in [1.82, 2.24) is 25.0 Å². The highest BCUT2D eigenvalue weighted by molar-refractivity contribution is 5.80. The molecule has 2 fully saturated rings. The predicted octanol–water partition coefficient (Wildman–Crippen LogP) is 2.24. The minimum Gasteiger partial charge on any atom is -0.354 e. The fourth-order valence-corrected chi connectivity index (χ4v) is 4.30. The lowest BCUT2D eigenvalue weighted by Crippen LogP contribution is -2.52. The number of hydrogen-bond acceptors (Lipinski definition) is 5. The second-order valence-corrected chi connectivity index (χ2v) is 8.82. The summed E-state index contributed by atoms with van der Waals surface area (Å²) in [5.74, 6) is 2.05. The zero-order valence-electron chi connectivity index (χ0n) is 20.0. The molecule has 2 aliphatic heterocycles. The fraction of sp³-hybridized carbons (Fsp3) is 0.462. The van der Waals surface area contributed by atoms with Crippen molar-refractivity contribution in [2.45, 2.75) is 6.54 Å². The topological polar surface area (TPSA) is 50.2 Å². The number of piperazine rings is 2. The van der Waals surface area contributed by atoms with E-state index in [1.807, 2.05) is 13.2 Å². The summed E-state index contributed by atoms with van der Waals surface area (Å²) in [7, 11) is 4.04. The van der Waals surface area contributed by atoms with Gasteiger partial charge < -0.3 is 20.0 Å². The monoisotopic (exact) mass is 447 g/mol. The zero-order chi connectivity index (χ0) is 22.9. The van der Waals surface area contributed by atoms with Crippen LogP contribution in [0.5, 0.6) is 0 Å². The highest BCUT2D eigenvalue weighted by Gasteiger charge is 2.19. The van der Waals surface area contributed by atoms with E-state index in [1.165, 1.54) is 11.1 Å². The van der Waals surface area contributed by atoms with Gasteiger partial charge in [-0.3, -0.25) is 9.89 Å². The van der Waals surface area contributed by atoms with Gasteiger partial charge in [-0.25, -0.2) is 4.98 Å². The lowest BCUT2D eigenvalue weighted by Gasteiger charge is -2.36. The van der Waals surface area contributed by atoms with Crippen LogP contribution >= 0.6 is 0 Å². The van der Waals surface area contributed by atoms with Gasteiger partial charge in [0, 0.05) is 78.7 Å². The van der Waals surface area contributed by atoms with E-state index in [0.717, 1.165) is 77.2 Å². The van der Waals surface area contributed by atoms with E-state index >= 15 is 0 Å². The van der Waals surface area contributed by atoms with Crippen molar-refractivity contribution in [3.8, 4) is 0 Å². The molecule has 2 saturated heterocycles. The molecule has 0 amide bonds. The van der Waals surface area contributed by atoms with E-state index in [1.54, 1.807) is 0 Å². The number of aromatic nitrogens is 1. The Bertz CT molecular complexity index is 894. The third kappa shape index (κ3) is 6.79. The molecule has 0 bridgehead atoms. The van der Waals surface area contributed by atoms with Crippen LogP contribution in [0.4, 0.5) is 5.82 Å². The standard InChI is InChI=1S/C26H37N7/c1-27-26(29-22-24-10-11-25(28-21-24)32-17-13-30(2)14-18-32)33-19-15-31(16-20-33)12-6-9-23-7-4-3-5-8-23/h3-11,21H,12-20,22H2,1-2H3,(H,27,29)/b9-6+. The van der Waals surface area contributed by atoms with Crippen LogP contribution in [0.1, 0.15) is 11.1 Å². The number of guanidine groups is 1. The van der Waals surface area contributed by atoms with E-state index in [9.17, 15) is 0 Å². The number of nitrogens with one attached hydrogen (secondary N) is 1. The minimum atomic E-state index is 0.739. The summed E-state index contributed by atoms with van der Waals surface area (Å²) in [4.78, 5) is 18.8. The summed E-state index contributed by atoms with van der Waals surface area (Å²) in [5, 5.41) is 3.52. The van der Waals surface area contributed by atoms with Crippen LogP contribution in [0, 0.1) is 0 Å². The van der Waals surface area contributed by atoms with Crippen molar-refractivity contribution < 1.29 is 0 Å². The van der Waals surface area contributed by atoms with Crippen molar-refractivity contribution in [2.75, 3.05) is 77.9 Å². The van der Waals surface area contributed by atoms with Crippen molar-refractivity contribution in [3.05, 3.63) is 65.9 Å². The predicted molar refractivity (Wildman–Crippen MR) is 138 cm³/mol. The Morgan fingerprint density at radius 1 is 0.970 bits per heavy atom. The largest absolute Gasteiger partial charge is 0.354 e. The van der Waals surface area contributed by atoms with Crippen LogP contribution in [0.25, 0.3) is 6.08 Å². The Labute approximate surface area is 198 Å². The van der Waals surface area contributed by atoms with Gasteiger partial charge in [-0.2, -0.15) is 0 Å². The molecule has 2 aliphatic rings. The van der Waals surface area contributed by atoms with Gasteiger partial charge in [0.2, 0.25) is 0 Å². The summed E-state index contributed by atoms with van der Waals surface area (Å²) >= 11 is 0. The van der Waals surface area contributed by atoms with Crippen LogP contribution in [-0.2, 0) is 6.54 Å². The molecule has 7 nitrogen and oxygen atoms in total. The van der Waals surface area contributed by atoms with Gasteiger partial charge in [0.15, 0.2) is 5.96 Å². The summed E-state index contributed by atoms with van der Waals surface area (Å²) < 4.78 is 0. The van der Waals surface area contributed by atoms with Gasteiger partial charge in [-0.1, -0.05) is 48.6 Å². The Kier molecular flexibility index (Phi) is 8.33. The van der Waals surface area contributed by atoms with E-state index in [-0.39, 0.29) is 0 Å². The number of rotatable bonds is 6. The molecule has 2 aromatic rings. The molecule has 3 heterocycles. The maximum absolute atomic E-state index is 4.70. The average molecular weight is 448 g/mol. The van der Waals surface area contributed by atoms with Crippen LogP contribution in [0.15, 0.2) is 59.7 Å². The maximum Gasteiger partial charge on any atom is 0.194 e. The zero-order valence-corrected chi connectivity index (χ0v) is 20.0. The number of likely N-dealkylation sites (N-methyl/N-ethyl adjacent to an activating group) is 1. The molecular formula is C26H37N7. The summed E-state index contributed by atoms with van der Waals surface area (Å²) in [5.41, 5.74) is 2.44. The average Bonchev–Trinajstić information content (AvgIpc) is 2.87. The third-order valence-electron chi connectivity index (χ3n) is 6.44. The molecule has 7 heteroatoms. The SMILES string of the molecule is CN=C(NCc1ccc(N2CCN(C)CC2)nc1)N1CCN(C/C=C/c2ccccc2)CC1. The number of hydrogen-bond donors (Lipinski definition) is 1. The molecule has 1 N–H and O–H groups in total. The Balaban J connectivity index is 1.20. The van der Waals surface area contributed by atoms with E-state index in [0.29, 0.717) is 0 Å². The van der Waals surface area contributed by atoms with Crippen molar-refractivity contribution >= 4 is 17.9 Å². The summed E-state index contributed by atoms with van der Waals surface area (Å²) in [6.45, 7) is 10.1. The molecule has 0 radical (unpaired) electrons. The molecule has 0 atom stereocenters. The van der Waals surface area contributed by atoms with Crippen LogP contribution in [0.2, 0.25) is 0 Å². The van der Waals surface area contributed by atoms with Gasteiger partial charge >= 0.3 is 0 Å². The molecule has 4 rings (SSSR count). The summed E-state index contributed by atoms with van der Waals surface area (Å²) in [6, 6.07) is 14.8. The van der Waals surface area contributed by atoms with E-state index in [4.69, 9.17) is 4.98 Å². The second kappa shape index (κ2) is 11.8.